The highest BCUT2D eigenvalue weighted by atomic mass is 32.1. The summed E-state index contributed by atoms with van der Waals surface area (Å²) in [6.07, 6.45) is 0. The van der Waals surface area contributed by atoms with Crippen molar-refractivity contribution in [2.75, 3.05) is 0 Å². The Morgan fingerprint density at radius 2 is 2.00 bits per heavy atom. The second kappa shape index (κ2) is 4.98. The molecule has 0 aliphatic carbocycles. The number of aromatic nitrogens is 2. The topological polar surface area (TPSA) is 51.8 Å². The van der Waals surface area contributed by atoms with Crippen molar-refractivity contribution in [3.63, 3.8) is 0 Å². The van der Waals surface area contributed by atoms with Crippen molar-refractivity contribution >= 4 is 11.5 Å². The van der Waals surface area contributed by atoms with Gasteiger partial charge in [0.25, 0.3) is 0 Å². The second-order valence-corrected chi connectivity index (χ2v) is 6.50. The van der Waals surface area contributed by atoms with E-state index < -0.39 is 0 Å². The molecule has 3 nitrogen and oxygen atoms in total. The molecule has 0 aliphatic rings. The van der Waals surface area contributed by atoms with Crippen molar-refractivity contribution in [1.29, 1.82) is 0 Å². The first-order valence-electron chi connectivity index (χ1n) is 6.15. The van der Waals surface area contributed by atoms with Crippen LogP contribution in [-0.4, -0.2) is 9.59 Å². The maximum absolute atomic E-state index is 13.2. The first-order valence-corrected chi connectivity index (χ1v) is 6.92. The van der Waals surface area contributed by atoms with E-state index in [0.29, 0.717) is 0 Å². The van der Waals surface area contributed by atoms with Crippen molar-refractivity contribution < 1.29 is 4.39 Å². The summed E-state index contributed by atoms with van der Waals surface area (Å²) in [4.78, 5) is 0.946. The van der Waals surface area contributed by atoms with Crippen LogP contribution in [0.2, 0.25) is 0 Å². The van der Waals surface area contributed by atoms with Gasteiger partial charge in [0.2, 0.25) is 0 Å². The Bertz CT molecular complexity index is 587. The minimum absolute atomic E-state index is 0.103. The second-order valence-electron chi connectivity index (χ2n) is 5.71. The molecule has 1 aromatic carbocycles. The van der Waals surface area contributed by atoms with Crippen molar-refractivity contribution in [2.45, 2.75) is 39.2 Å². The van der Waals surface area contributed by atoms with E-state index in [4.69, 9.17) is 5.73 Å². The first-order chi connectivity index (χ1) is 8.80. The van der Waals surface area contributed by atoms with Gasteiger partial charge < -0.3 is 5.73 Å². The van der Waals surface area contributed by atoms with Gasteiger partial charge in [-0.25, -0.2) is 4.39 Å². The summed E-state index contributed by atoms with van der Waals surface area (Å²) in [6.45, 7) is 8.11. The maximum atomic E-state index is 13.2. The van der Waals surface area contributed by atoms with Crippen molar-refractivity contribution in [3.8, 4) is 0 Å². The number of halogens is 1. The average molecular weight is 279 g/mol. The Labute approximate surface area is 116 Å². The molecule has 0 radical (unpaired) electrons. The summed E-state index contributed by atoms with van der Waals surface area (Å²) in [7, 11) is 0. The Balaban J connectivity index is 2.45. The van der Waals surface area contributed by atoms with E-state index in [1.54, 1.807) is 6.07 Å². The van der Waals surface area contributed by atoms with Crippen LogP contribution in [0.1, 0.15) is 48.5 Å². The zero-order valence-corrected chi connectivity index (χ0v) is 12.4. The molecule has 1 aromatic heterocycles. The summed E-state index contributed by atoms with van der Waals surface area (Å²) in [6, 6.07) is 4.37. The lowest BCUT2D eigenvalue weighted by molar-refractivity contribution is 0.556. The molecular formula is C14H18FN3S. The van der Waals surface area contributed by atoms with Gasteiger partial charge in [-0.1, -0.05) is 31.3 Å². The summed E-state index contributed by atoms with van der Waals surface area (Å²) in [5.41, 5.74) is 8.89. The maximum Gasteiger partial charge on any atom is 0.123 e. The van der Waals surface area contributed by atoms with Gasteiger partial charge in [-0.3, -0.25) is 0 Å². The molecular weight excluding hydrogens is 261 g/mol. The van der Waals surface area contributed by atoms with Gasteiger partial charge in [0, 0.05) is 5.41 Å². The minimum Gasteiger partial charge on any atom is -0.319 e. The number of rotatable bonds is 2. The molecule has 0 fully saturated rings. The van der Waals surface area contributed by atoms with Gasteiger partial charge in [0.15, 0.2) is 0 Å². The third-order valence-corrected chi connectivity index (χ3v) is 3.88. The molecule has 2 rings (SSSR count). The highest BCUT2D eigenvalue weighted by molar-refractivity contribution is 7.05. The van der Waals surface area contributed by atoms with Gasteiger partial charge in [-0.05, 0) is 41.7 Å². The molecule has 5 heteroatoms. The fourth-order valence-electron chi connectivity index (χ4n) is 2.05. The van der Waals surface area contributed by atoms with Crippen LogP contribution in [0.4, 0.5) is 4.39 Å². The molecule has 0 saturated carbocycles. The number of nitrogens with two attached hydrogens (primary N) is 1. The third-order valence-electron chi connectivity index (χ3n) is 3.07. The Morgan fingerprint density at radius 3 is 2.58 bits per heavy atom. The molecule has 0 amide bonds. The standard InChI is InChI=1S/C14H18FN3S/c1-8-7-9(15)5-6-10(8)11(16)12-13(14(2,3)4)17-18-19-12/h5-7,11H,16H2,1-4H3. The lowest BCUT2D eigenvalue weighted by Gasteiger charge is -2.20. The zero-order valence-electron chi connectivity index (χ0n) is 11.6. The fourth-order valence-corrected chi connectivity index (χ4v) is 2.94. The highest BCUT2D eigenvalue weighted by Gasteiger charge is 2.26. The molecule has 1 heterocycles. The smallest absolute Gasteiger partial charge is 0.123 e. The molecule has 0 bridgehead atoms. The lowest BCUT2D eigenvalue weighted by atomic mass is 9.88. The van der Waals surface area contributed by atoms with E-state index in [-0.39, 0.29) is 17.3 Å². The van der Waals surface area contributed by atoms with Crippen LogP contribution >= 0.6 is 11.5 Å². The molecule has 1 atom stereocenters. The van der Waals surface area contributed by atoms with E-state index >= 15 is 0 Å². The Kier molecular flexibility index (Phi) is 3.69. The molecule has 102 valence electrons. The minimum atomic E-state index is -0.310. The first kappa shape index (κ1) is 14.1. The Morgan fingerprint density at radius 1 is 1.32 bits per heavy atom. The fraction of sp³-hybridized carbons (Fsp3) is 0.429. The van der Waals surface area contributed by atoms with Gasteiger partial charge >= 0.3 is 0 Å². The largest absolute Gasteiger partial charge is 0.319 e. The zero-order chi connectivity index (χ0) is 14.2. The van der Waals surface area contributed by atoms with Gasteiger partial charge in [0.1, 0.15) is 5.82 Å². The van der Waals surface area contributed by atoms with Gasteiger partial charge in [-0.2, -0.15) is 0 Å². The summed E-state index contributed by atoms with van der Waals surface area (Å²) >= 11 is 1.31. The number of aryl methyl sites for hydroxylation is 1. The van der Waals surface area contributed by atoms with E-state index in [1.807, 2.05) is 6.92 Å². The van der Waals surface area contributed by atoms with Crippen LogP contribution in [0, 0.1) is 12.7 Å². The highest BCUT2D eigenvalue weighted by Crippen LogP contribution is 2.33. The molecule has 19 heavy (non-hydrogen) atoms. The molecule has 2 N–H and O–H groups in total. The van der Waals surface area contributed by atoms with Gasteiger partial charge in [-0.15, -0.1) is 5.10 Å². The van der Waals surface area contributed by atoms with Crippen LogP contribution in [0.5, 0.6) is 0 Å². The Hall–Kier alpha value is -1.33. The lowest BCUT2D eigenvalue weighted by Crippen LogP contribution is -2.20. The van der Waals surface area contributed by atoms with Crippen LogP contribution in [0.15, 0.2) is 18.2 Å². The van der Waals surface area contributed by atoms with E-state index in [1.165, 1.54) is 23.7 Å². The van der Waals surface area contributed by atoms with Crippen LogP contribution in [0.25, 0.3) is 0 Å². The summed E-state index contributed by atoms with van der Waals surface area (Å²) in [5.74, 6) is -0.244. The van der Waals surface area contributed by atoms with E-state index in [9.17, 15) is 4.39 Å². The molecule has 0 spiro atoms. The SMILES string of the molecule is Cc1cc(F)ccc1C(N)c1snnc1C(C)(C)C. The number of benzene rings is 1. The number of hydrogen-bond donors (Lipinski definition) is 1. The van der Waals surface area contributed by atoms with E-state index in [2.05, 4.69) is 30.4 Å². The normalized spacial score (nSPS) is 13.6. The summed E-state index contributed by atoms with van der Waals surface area (Å²) < 4.78 is 17.2. The average Bonchev–Trinajstić information content (AvgIpc) is 2.76. The van der Waals surface area contributed by atoms with E-state index in [0.717, 1.165) is 21.7 Å². The van der Waals surface area contributed by atoms with Crippen molar-refractivity contribution in [2.24, 2.45) is 5.73 Å². The van der Waals surface area contributed by atoms with Crippen LogP contribution in [0.3, 0.4) is 0 Å². The van der Waals surface area contributed by atoms with Crippen molar-refractivity contribution in [1.82, 2.24) is 9.59 Å². The van der Waals surface area contributed by atoms with Crippen LogP contribution < -0.4 is 5.73 Å². The molecule has 1 unspecified atom stereocenters. The van der Waals surface area contributed by atoms with Gasteiger partial charge in [0.05, 0.1) is 16.6 Å². The predicted octanol–water partition coefficient (Wildman–Crippen LogP) is 3.33. The third kappa shape index (κ3) is 2.82. The molecule has 2 aromatic rings. The van der Waals surface area contributed by atoms with Crippen LogP contribution in [-0.2, 0) is 5.41 Å². The molecule has 0 saturated heterocycles. The molecule has 0 aliphatic heterocycles. The summed E-state index contributed by atoms with van der Waals surface area (Å²) in [5, 5.41) is 4.20. The number of hydrogen-bond acceptors (Lipinski definition) is 4. The monoisotopic (exact) mass is 279 g/mol. The van der Waals surface area contributed by atoms with Crippen molar-refractivity contribution in [3.05, 3.63) is 45.7 Å². The quantitative estimate of drug-likeness (QED) is 0.917. The number of nitrogens with zero attached hydrogens (tertiary/aromatic N) is 2. The predicted molar refractivity (Wildman–Crippen MR) is 75.8 cm³/mol.